The zero-order chi connectivity index (χ0) is 11.9. The maximum Gasteiger partial charge on any atom is 0.178 e. The van der Waals surface area contributed by atoms with Gasteiger partial charge in [0.2, 0.25) is 0 Å². The maximum atomic E-state index is 13.5. The smallest absolute Gasteiger partial charge is 0.178 e. The Morgan fingerprint density at radius 2 is 2.31 bits per heavy atom. The van der Waals surface area contributed by atoms with Crippen molar-refractivity contribution in [1.29, 1.82) is 0 Å². The summed E-state index contributed by atoms with van der Waals surface area (Å²) in [5.41, 5.74) is 1.56. The van der Waals surface area contributed by atoms with Crippen LogP contribution in [0.2, 0.25) is 0 Å². The van der Waals surface area contributed by atoms with Gasteiger partial charge in [-0.3, -0.25) is 0 Å². The van der Waals surface area contributed by atoms with E-state index in [0.717, 1.165) is 11.0 Å². The molecule has 0 saturated heterocycles. The normalized spacial score (nSPS) is 12.9. The number of imidazole rings is 1. The quantitative estimate of drug-likeness (QED) is 0.646. The molecular formula is C11H10BrFN2S. The molecule has 1 unspecified atom stereocenters. The van der Waals surface area contributed by atoms with Gasteiger partial charge in [-0.15, -0.1) is 6.58 Å². The fraction of sp³-hybridized carbons (Fsp3) is 0.182. The van der Waals surface area contributed by atoms with Gasteiger partial charge >= 0.3 is 0 Å². The van der Waals surface area contributed by atoms with Gasteiger partial charge < -0.3 is 9.55 Å². The molecule has 0 aliphatic rings. The molecule has 1 heterocycles. The van der Waals surface area contributed by atoms with Crippen LogP contribution in [0.1, 0.15) is 13.0 Å². The average Bonchev–Trinajstić information content (AvgIpc) is 2.54. The maximum absolute atomic E-state index is 13.5. The zero-order valence-electron chi connectivity index (χ0n) is 8.63. The minimum atomic E-state index is -0.300. The van der Waals surface area contributed by atoms with Crippen LogP contribution < -0.4 is 0 Å². The summed E-state index contributed by atoms with van der Waals surface area (Å²) in [5, 5.41) is 0. The highest BCUT2D eigenvalue weighted by Crippen LogP contribution is 2.25. The van der Waals surface area contributed by atoms with Crippen molar-refractivity contribution in [3.8, 4) is 0 Å². The minimum absolute atomic E-state index is 0.0295. The van der Waals surface area contributed by atoms with Crippen molar-refractivity contribution in [1.82, 2.24) is 9.55 Å². The Hall–Kier alpha value is -0.940. The number of nitrogens with one attached hydrogen (secondary N) is 1. The molecule has 0 spiro atoms. The molecular weight excluding hydrogens is 291 g/mol. The van der Waals surface area contributed by atoms with Gasteiger partial charge in [0.15, 0.2) is 4.77 Å². The summed E-state index contributed by atoms with van der Waals surface area (Å²) in [6, 6.07) is 3.18. The number of aromatic amines is 1. The highest BCUT2D eigenvalue weighted by molar-refractivity contribution is 9.10. The molecule has 0 aliphatic carbocycles. The van der Waals surface area contributed by atoms with Crippen LogP contribution in [-0.2, 0) is 0 Å². The fourth-order valence-electron chi connectivity index (χ4n) is 1.63. The van der Waals surface area contributed by atoms with E-state index in [4.69, 9.17) is 12.2 Å². The van der Waals surface area contributed by atoms with Crippen LogP contribution in [0.5, 0.6) is 0 Å². The summed E-state index contributed by atoms with van der Waals surface area (Å²) in [6.45, 7) is 5.67. The third kappa shape index (κ3) is 1.74. The molecule has 1 atom stereocenters. The molecule has 1 aromatic heterocycles. The molecule has 0 radical (unpaired) electrons. The van der Waals surface area contributed by atoms with Crippen LogP contribution >= 0.6 is 28.1 Å². The molecule has 0 saturated carbocycles. The van der Waals surface area contributed by atoms with Gasteiger partial charge in [0, 0.05) is 6.07 Å². The molecule has 2 aromatic rings. The first kappa shape index (κ1) is 11.5. The summed E-state index contributed by atoms with van der Waals surface area (Å²) in [4.78, 5) is 3.04. The third-order valence-electron chi connectivity index (χ3n) is 2.51. The first-order valence-corrected chi connectivity index (χ1v) is 5.96. The number of hydrogen-bond acceptors (Lipinski definition) is 1. The van der Waals surface area contributed by atoms with E-state index in [1.54, 1.807) is 12.1 Å². The molecule has 1 aromatic carbocycles. The molecule has 0 amide bonds. The number of nitrogens with zero attached hydrogens (tertiary/aromatic N) is 1. The van der Waals surface area contributed by atoms with E-state index in [1.165, 1.54) is 6.07 Å². The highest BCUT2D eigenvalue weighted by atomic mass is 79.9. The van der Waals surface area contributed by atoms with E-state index >= 15 is 0 Å². The minimum Gasteiger partial charge on any atom is -0.331 e. The number of fused-ring (bicyclic) bond motifs is 1. The van der Waals surface area contributed by atoms with E-state index in [0.29, 0.717) is 9.24 Å². The van der Waals surface area contributed by atoms with Crippen molar-refractivity contribution in [2.75, 3.05) is 0 Å². The lowest BCUT2D eigenvalue weighted by Gasteiger charge is -2.09. The monoisotopic (exact) mass is 300 g/mol. The van der Waals surface area contributed by atoms with Gasteiger partial charge in [0.05, 0.1) is 21.5 Å². The van der Waals surface area contributed by atoms with E-state index in [2.05, 4.69) is 27.5 Å². The second-order valence-electron chi connectivity index (χ2n) is 3.56. The van der Waals surface area contributed by atoms with Gasteiger partial charge in [-0.1, -0.05) is 6.08 Å². The van der Waals surface area contributed by atoms with Crippen molar-refractivity contribution in [2.45, 2.75) is 13.0 Å². The van der Waals surface area contributed by atoms with E-state index in [9.17, 15) is 4.39 Å². The topological polar surface area (TPSA) is 20.7 Å². The number of hydrogen-bond donors (Lipinski definition) is 1. The largest absolute Gasteiger partial charge is 0.331 e. The molecule has 2 nitrogen and oxygen atoms in total. The van der Waals surface area contributed by atoms with Crippen LogP contribution in [0.4, 0.5) is 4.39 Å². The molecule has 0 bridgehead atoms. The Morgan fingerprint density at radius 3 is 2.94 bits per heavy atom. The second kappa shape index (κ2) is 4.14. The number of aromatic nitrogens is 2. The highest BCUT2D eigenvalue weighted by Gasteiger charge is 2.11. The molecule has 1 N–H and O–H groups in total. The summed E-state index contributed by atoms with van der Waals surface area (Å²) in [6.07, 6.45) is 1.77. The van der Waals surface area contributed by atoms with Crippen molar-refractivity contribution in [3.05, 3.63) is 39.8 Å². The van der Waals surface area contributed by atoms with Crippen molar-refractivity contribution in [3.63, 3.8) is 0 Å². The fourth-order valence-corrected chi connectivity index (χ4v) is 2.35. The Kier molecular flexibility index (Phi) is 2.99. The molecule has 16 heavy (non-hydrogen) atoms. The summed E-state index contributed by atoms with van der Waals surface area (Å²) in [5.74, 6) is -0.300. The Labute approximate surface area is 106 Å². The lowest BCUT2D eigenvalue weighted by Crippen LogP contribution is -2.01. The van der Waals surface area contributed by atoms with Gasteiger partial charge in [-0.05, 0) is 41.1 Å². The van der Waals surface area contributed by atoms with Gasteiger partial charge in [0.1, 0.15) is 5.82 Å². The SMILES string of the molecule is C=CC(C)n1c(=S)[nH]c2cc(Br)c(F)cc21. The van der Waals surface area contributed by atoms with Crippen molar-refractivity contribution >= 4 is 39.2 Å². The van der Waals surface area contributed by atoms with Crippen LogP contribution in [0.3, 0.4) is 0 Å². The Balaban J connectivity index is 2.84. The van der Waals surface area contributed by atoms with E-state index in [-0.39, 0.29) is 11.9 Å². The van der Waals surface area contributed by atoms with Gasteiger partial charge in [0.25, 0.3) is 0 Å². The van der Waals surface area contributed by atoms with Crippen LogP contribution in [0.15, 0.2) is 29.3 Å². The standard InChI is InChI=1S/C11H10BrFN2S/c1-3-6(2)15-10-5-8(13)7(12)4-9(10)14-11(15)16/h3-6H,1H2,2H3,(H,14,16). The van der Waals surface area contributed by atoms with Gasteiger partial charge in [-0.25, -0.2) is 4.39 Å². The Bertz CT molecular complexity index is 614. The molecule has 2 rings (SSSR count). The number of H-pyrrole nitrogens is 1. The average molecular weight is 301 g/mol. The third-order valence-corrected chi connectivity index (χ3v) is 3.41. The molecule has 5 heteroatoms. The Morgan fingerprint density at radius 1 is 1.62 bits per heavy atom. The van der Waals surface area contributed by atoms with Gasteiger partial charge in [-0.2, -0.15) is 0 Å². The predicted octanol–water partition coefficient (Wildman–Crippen LogP) is 4.35. The molecule has 0 aliphatic heterocycles. The number of allylic oxidation sites excluding steroid dienone is 1. The number of benzene rings is 1. The van der Waals surface area contributed by atoms with E-state index in [1.807, 2.05) is 11.5 Å². The predicted molar refractivity (Wildman–Crippen MR) is 69.7 cm³/mol. The number of rotatable bonds is 2. The first-order chi connectivity index (χ1) is 7.54. The lowest BCUT2D eigenvalue weighted by atomic mass is 10.2. The summed E-state index contributed by atoms with van der Waals surface area (Å²) >= 11 is 8.35. The summed E-state index contributed by atoms with van der Waals surface area (Å²) in [7, 11) is 0. The van der Waals surface area contributed by atoms with Crippen LogP contribution in [0, 0.1) is 10.6 Å². The van der Waals surface area contributed by atoms with Crippen LogP contribution in [0.25, 0.3) is 11.0 Å². The number of halogens is 2. The van der Waals surface area contributed by atoms with Crippen molar-refractivity contribution in [2.24, 2.45) is 0 Å². The zero-order valence-corrected chi connectivity index (χ0v) is 11.0. The molecule has 84 valence electrons. The van der Waals surface area contributed by atoms with Crippen molar-refractivity contribution < 1.29 is 4.39 Å². The second-order valence-corrected chi connectivity index (χ2v) is 4.80. The van der Waals surface area contributed by atoms with Crippen LogP contribution in [-0.4, -0.2) is 9.55 Å². The summed E-state index contributed by atoms with van der Waals surface area (Å²) < 4.78 is 16.3. The lowest BCUT2D eigenvalue weighted by molar-refractivity contribution is 0.619. The first-order valence-electron chi connectivity index (χ1n) is 4.76. The molecule has 0 fully saturated rings. The van der Waals surface area contributed by atoms with E-state index < -0.39 is 0 Å².